The van der Waals surface area contributed by atoms with E-state index in [0.29, 0.717) is 23.3 Å². The van der Waals surface area contributed by atoms with Crippen molar-refractivity contribution in [3.8, 4) is 11.6 Å². The van der Waals surface area contributed by atoms with E-state index < -0.39 is 0 Å². The second kappa shape index (κ2) is 9.98. The van der Waals surface area contributed by atoms with Crippen molar-refractivity contribution >= 4 is 17.7 Å². The number of benzene rings is 1. The highest BCUT2D eigenvalue weighted by atomic mass is 32.2. The van der Waals surface area contributed by atoms with Crippen LogP contribution in [-0.4, -0.2) is 44.4 Å². The summed E-state index contributed by atoms with van der Waals surface area (Å²) in [6, 6.07) is 14.4. The van der Waals surface area contributed by atoms with Crippen LogP contribution in [0.5, 0.6) is 0 Å². The molecule has 1 aromatic carbocycles. The fourth-order valence-corrected chi connectivity index (χ4v) is 4.88. The van der Waals surface area contributed by atoms with Gasteiger partial charge in [0.2, 0.25) is 5.91 Å². The van der Waals surface area contributed by atoms with Gasteiger partial charge in [-0.15, -0.1) is 10.2 Å². The van der Waals surface area contributed by atoms with Crippen LogP contribution >= 0.6 is 11.8 Å². The Morgan fingerprint density at radius 2 is 1.93 bits per heavy atom. The van der Waals surface area contributed by atoms with Crippen LogP contribution < -0.4 is 0 Å². The van der Waals surface area contributed by atoms with Gasteiger partial charge in [0.25, 0.3) is 0 Å². The minimum atomic E-state index is 0.187. The van der Waals surface area contributed by atoms with Crippen molar-refractivity contribution in [1.82, 2.24) is 19.7 Å². The Morgan fingerprint density at radius 1 is 1.13 bits per heavy atom. The van der Waals surface area contributed by atoms with Crippen molar-refractivity contribution in [2.75, 3.05) is 18.8 Å². The van der Waals surface area contributed by atoms with Crippen molar-refractivity contribution in [3.63, 3.8) is 0 Å². The smallest absolute Gasteiger partial charge is 0.233 e. The van der Waals surface area contributed by atoms with Gasteiger partial charge in [-0.2, -0.15) is 0 Å². The number of hydrogen-bond acceptors (Lipinski definition) is 5. The number of piperidine rings is 1. The molecular formula is C23H28N4O2S. The second-order valence-corrected chi connectivity index (χ2v) is 8.61. The molecule has 7 heteroatoms. The third-order valence-corrected chi connectivity index (χ3v) is 6.70. The lowest BCUT2D eigenvalue weighted by molar-refractivity contribution is -0.129. The predicted molar refractivity (Wildman–Crippen MR) is 118 cm³/mol. The molecule has 0 atom stereocenters. The highest BCUT2D eigenvalue weighted by Gasteiger charge is 2.23. The highest BCUT2D eigenvalue weighted by molar-refractivity contribution is 7.99. The zero-order valence-electron chi connectivity index (χ0n) is 17.4. The second-order valence-electron chi connectivity index (χ2n) is 7.66. The third kappa shape index (κ3) is 4.95. The summed E-state index contributed by atoms with van der Waals surface area (Å²) in [5, 5.41) is 9.28. The van der Waals surface area contributed by atoms with Gasteiger partial charge in [0, 0.05) is 19.6 Å². The molecule has 0 spiro atoms. The lowest BCUT2D eigenvalue weighted by atomic mass is 9.90. The molecule has 1 amide bonds. The van der Waals surface area contributed by atoms with Crippen molar-refractivity contribution in [1.29, 1.82) is 0 Å². The number of carbonyl (C=O) groups is 1. The Hall–Kier alpha value is -2.54. The van der Waals surface area contributed by atoms with Gasteiger partial charge in [-0.3, -0.25) is 9.36 Å². The minimum absolute atomic E-state index is 0.187. The van der Waals surface area contributed by atoms with E-state index in [2.05, 4.69) is 40.5 Å². The molecule has 0 N–H and O–H groups in total. The summed E-state index contributed by atoms with van der Waals surface area (Å²) in [4.78, 5) is 14.7. The lowest BCUT2D eigenvalue weighted by Crippen LogP contribution is -2.39. The molecule has 0 aliphatic carbocycles. The van der Waals surface area contributed by atoms with Crippen LogP contribution in [0.15, 0.2) is 58.3 Å². The fraction of sp³-hybridized carbons (Fsp3) is 0.435. The van der Waals surface area contributed by atoms with Crippen LogP contribution in [0.4, 0.5) is 0 Å². The zero-order valence-corrected chi connectivity index (χ0v) is 18.2. The SMILES string of the molecule is CCn1c(SCC(=O)N2CCC(CCc3ccccc3)CC2)nnc1-c1ccco1. The summed E-state index contributed by atoms with van der Waals surface area (Å²) in [5.41, 5.74) is 1.40. The van der Waals surface area contributed by atoms with Crippen molar-refractivity contribution in [2.45, 2.75) is 44.3 Å². The first-order valence-corrected chi connectivity index (χ1v) is 11.6. The van der Waals surface area contributed by atoms with Gasteiger partial charge in [-0.25, -0.2) is 0 Å². The Kier molecular flexibility index (Phi) is 6.89. The van der Waals surface area contributed by atoms with Crippen molar-refractivity contribution in [2.24, 2.45) is 5.92 Å². The summed E-state index contributed by atoms with van der Waals surface area (Å²) in [5.74, 6) is 2.69. The molecule has 4 rings (SSSR count). The predicted octanol–water partition coefficient (Wildman–Crippen LogP) is 4.52. The number of thioether (sulfide) groups is 1. The maximum atomic E-state index is 12.7. The minimum Gasteiger partial charge on any atom is -0.461 e. The van der Waals surface area contributed by atoms with E-state index in [0.717, 1.165) is 44.1 Å². The molecule has 0 radical (unpaired) electrons. The molecule has 30 heavy (non-hydrogen) atoms. The molecular weight excluding hydrogens is 396 g/mol. The van der Waals surface area contributed by atoms with Gasteiger partial charge in [-0.1, -0.05) is 42.1 Å². The maximum Gasteiger partial charge on any atom is 0.233 e. The number of aryl methyl sites for hydroxylation is 1. The molecule has 3 heterocycles. The van der Waals surface area contributed by atoms with E-state index in [1.165, 1.54) is 23.7 Å². The zero-order chi connectivity index (χ0) is 20.8. The van der Waals surface area contributed by atoms with E-state index in [1.54, 1.807) is 6.26 Å². The lowest BCUT2D eigenvalue weighted by Gasteiger charge is -2.32. The number of amides is 1. The molecule has 0 saturated carbocycles. The Bertz CT molecular complexity index is 932. The largest absolute Gasteiger partial charge is 0.461 e. The number of rotatable bonds is 8. The summed E-state index contributed by atoms with van der Waals surface area (Å²) in [6.07, 6.45) is 6.15. The quantitative estimate of drug-likeness (QED) is 0.498. The van der Waals surface area contributed by atoms with Crippen LogP contribution in [0.2, 0.25) is 0 Å². The van der Waals surface area contributed by atoms with Crippen LogP contribution in [0, 0.1) is 5.92 Å². The molecule has 0 bridgehead atoms. The van der Waals surface area contributed by atoms with Crippen LogP contribution in [-0.2, 0) is 17.8 Å². The van der Waals surface area contributed by atoms with Crippen LogP contribution in [0.1, 0.15) is 31.7 Å². The van der Waals surface area contributed by atoms with Crippen LogP contribution in [0.3, 0.4) is 0 Å². The third-order valence-electron chi connectivity index (χ3n) is 5.75. The van der Waals surface area contributed by atoms with Gasteiger partial charge in [-0.05, 0) is 56.2 Å². The average molecular weight is 425 g/mol. The summed E-state index contributed by atoms with van der Waals surface area (Å²) in [6.45, 7) is 4.49. The van der Waals surface area contributed by atoms with Gasteiger partial charge < -0.3 is 9.32 Å². The molecule has 0 unspecified atom stereocenters. The Labute approximate surface area is 181 Å². The highest BCUT2D eigenvalue weighted by Crippen LogP contribution is 2.26. The van der Waals surface area contributed by atoms with Gasteiger partial charge in [0.05, 0.1) is 12.0 Å². The molecule has 6 nitrogen and oxygen atoms in total. The van der Waals surface area contributed by atoms with Gasteiger partial charge in [0.1, 0.15) is 0 Å². The fourth-order valence-electron chi connectivity index (χ4n) is 3.97. The Balaban J connectivity index is 1.25. The maximum absolute atomic E-state index is 12.7. The van der Waals surface area contributed by atoms with E-state index >= 15 is 0 Å². The van der Waals surface area contributed by atoms with E-state index in [9.17, 15) is 4.79 Å². The molecule has 1 fully saturated rings. The Morgan fingerprint density at radius 3 is 2.63 bits per heavy atom. The normalized spacial score (nSPS) is 14.9. The van der Waals surface area contributed by atoms with Gasteiger partial charge >= 0.3 is 0 Å². The van der Waals surface area contributed by atoms with Crippen molar-refractivity contribution < 1.29 is 9.21 Å². The molecule has 2 aromatic heterocycles. The number of furan rings is 1. The first-order valence-electron chi connectivity index (χ1n) is 10.7. The summed E-state index contributed by atoms with van der Waals surface area (Å²) in [7, 11) is 0. The topological polar surface area (TPSA) is 64.2 Å². The molecule has 1 aliphatic rings. The van der Waals surface area contributed by atoms with Gasteiger partial charge in [0.15, 0.2) is 16.7 Å². The number of likely N-dealkylation sites (tertiary alicyclic amines) is 1. The first kappa shape index (κ1) is 20.7. The van der Waals surface area contributed by atoms with Crippen molar-refractivity contribution in [3.05, 3.63) is 54.3 Å². The number of hydrogen-bond donors (Lipinski definition) is 0. The number of carbonyl (C=O) groups excluding carboxylic acids is 1. The average Bonchev–Trinajstić information content (AvgIpc) is 3.46. The summed E-state index contributed by atoms with van der Waals surface area (Å²) >= 11 is 1.46. The number of nitrogens with zero attached hydrogens (tertiary/aromatic N) is 4. The molecule has 158 valence electrons. The molecule has 1 saturated heterocycles. The summed E-state index contributed by atoms with van der Waals surface area (Å²) < 4.78 is 7.44. The molecule has 3 aromatic rings. The van der Waals surface area contributed by atoms with E-state index in [1.807, 2.05) is 28.5 Å². The number of aromatic nitrogens is 3. The monoisotopic (exact) mass is 424 g/mol. The van der Waals surface area contributed by atoms with E-state index in [4.69, 9.17) is 4.42 Å². The first-order chi connectivity index (χ1) is 14.7. The van der Waals surface area contributed by atoms with Crippen LogP contribution in [0.25, 0.3) is 11.6 Å². The van der Waals surface area contributed by atoms with E-state index in [-0.39, 0.29) is 5.91 Å². The molecule has 1 aliphatic heterocycles. The standard InChI is InChI=1S/C23H28N4O2S/c1-2-27-22(20-9-6-16-29-20)24-25-23(27)30-17-21(28)26-14-12-19(13-15-26)11-10-18-7-4-3-5-8-18/h3-9,16,19H,2,10-15,17H2,1H3.